The number of anilines is 2. The maximum absolute atomic E-state index is 5.80. The summed E-state index contributed by atoms with van der Waals surface area (Å²) in [5.74, 6) is 1.24. The monoisotopic (exact) mass is 257 g/mol. The predicted octanol–water partition coefficient (Wildman–Crippen LogP) is 3.24. The van der Waals surface area contributed by atoms with Gasteiger partial charge in [0.25, 0.3) is 0 Å². The standard InChI is InChI=1S/C15H19N3O/c1-3-19-15-13(16)9-10-14(18-15)17-11(2)12-7-5-4-6-8-12/h4-11H,3,16H2,1-2H3,(H,17,18). The first-order valence-corrected chi connectivity index (χ1v) is 6.41. The number of rotatable bonds is 5. The molecule has 3 N–H and O–H groups in total. The summed E-state index contributed by atoms with van der Waals surface area (Å²) in [6.45, 7) is 4.55. The fourth-order valence-corrected chi connectivity index (χ4v) is 1.83. The summed E-state index contributed by atoms with van der Waals surface area (Å²) < 4.78 is 5.39. The van der Waals surface area contributed by atoms with Gasteiger partial charge in [-0.2, -0.15) is 4.98 Å². The van der Waals surface area contributed by atoms with E-state index in [2.05, 4.69) is 29.4 Å². The molecule has 0 spiro atoms. The molecule has 4 nitrogen and oxygen atoms in total. The summed E-state index contributed by atoms with van der Waals surface area (Å²) in [7, 11) is 0. The molecule has 1 heterocycles. The van der Waals surface area contributed by atoms with E-state index in [0.717, 1.165) is 5.82 Å². The summed E-state index contributed by atoms with van der Waals surface area (Å²) in [5, 5.41) is 3.34. The summed E-state index contributed by atoms with van der Waals surface area (Å²) in [5.41, 5.74) is 7.56. The lowest BCUT2D eigenvalue weighted by Crippen LogP contribution is -2.09. The molecule has 0 saturated carbocycles. The van der Waals surface area contributed by atoms with Crippen LogP contribution in [0.2, 0.25) is 0 Å². The number of nitrogens with zero attached hydrogens (tertiary/aromatic N) is 1. The van der Waals surface area contributed by atoms with Gasteiger partial charge in [-0.05, 0) is 31.5 Å². The third-order valence-corrected chi connectivity index (χ3v) is 2.83. The van der Waals surface area contributed by atoms with Crippen molar-refractivity contribution in [1.82, 2.24) is 4.98 Å². The molecule has 0 saturated heterocycles. The van der Waals surface area contributed by atoms with Crippen molar-refractivity contribution < 1.29 is 4.74 Å². The highest BCUT2D eigenvalue weighted by Gasteiger charge is 2.08. The first-order chi connectivity index (χ1) is 9.20. The Balaban J connectivity index is 2.13. The van der Waals surface area contributed by atoms with E-state index in [1.54, 1.807) is 6.07 Å². The Hall–Kier alpha value is -2.23. The third-order valence-electron chi connectivity index (χ3n) is 2.83. The van der Waals surface area contributed by atoms with Crippen molar-refractivity contribution in [1.29, 1.82) is 0 Å². The van der Waals surface area contributed by atoms with Crippen molar-refractivity contribution in [3.05, 3.63) is 48.0 Å². The second-order valence-corrected chi connectivity index (χ2v) is 4.30. The molecular weight excluding hydrogens is 238 g/mol. The molecule has 1 unspecified atom stereocenters. The van der Waals surface area contributed by atoms with E-state index in [0.29, 0.717) is 18.2 Å². The molecule has 0 bridgehead atoms. The van der Waals surface area contributed by atoms with E-state index in [4.69, 9.17) is 10.5 Å². The van der Waals surface area contributed by atoms with Crippen LogP contribution >= 0.6 is 0 Å². The van der Waals surface area contributed by atoms with Gasteiger partial charge in [0.05, 0.1) is 12.3 Å². The van der Waals surface area contributed by atoms with Gasteiger partial charge in [0.2, 0.25) is 5.88 Å². The van der Waals surface area contributed by atoms with Gasteiger partial charge in [-0.1, -0.05) is 30.3 Å². The van der Waals surface area contributed by atoms with Crippen LogP contribution in [0.3, 0.4) is 0 Å². The molecule has 1 aromatic heterocycles. The highest BCUT2D eigenvalue weighted by molar-refractivity contribution is 5.54. The molecule has 0 radical (unpaired) electrons. The normalized spacial score (nSPS) is 11.9. The summed E-state index contributed by atoms with van der Waals surface area (Å²) >= 11 is 0. The maximum atomic E-state index is 5.80. The molecule has 100 valence electrons. The molecule has 4 heteroatoms. The number of benzene rings is 1. The van der Waals surface area contributed by atoms with Gasteiger partial charge in [-0.25, -0.2) is 0 Å². The van der Waals surface area contributed by atoms with E-state index < -0.39 is 0 Å². The fraction of sp³-hybridized carbons (Fsp3) is 0.267. The Labute approximate surface area is 113 Å². The van der Waals surface area contributed by atoms with Crippen molar-refractivity contribution in [3.63, 3.8) is 0 Å². The lowest BCUT2D eigenvalue weighted by atomic mass is 10.1. The number of nitrogens with one attached hydrogen (secondary N) is 1. The minimum absolute atomic E-state index is 0.173. The fourth-order valence-electron chi connectivity index (χ4n) is 1.83. The molecule has 0 aliphatic rings. The van der Waals surface area contributed by atoms with Gasteiger partial charge in [0.1, 0.15) is 5.82 Å². The van der Waals surface area contributed by atoms with Crippen LogP contribution in [-0.2, 0) is 0 Å². The van der Waals surface area contributed by atoms with Crippen LogP contribution in [0.25, 0.3) is 0 Å². The highest BCUT2D eigenvalue weighted by Crippen LogP contribution is 2.23. The van der Waals surface area contributed by atoms with Gasteiger partial charge in [-0.15, -0.1) is 0 Å². The Bertz CT molecular complexity index is 528. The Morgan fingerprint density at radius 2 is 1.95 bits per heavy atom. The topological polar surface area (TPSA) is 60.2 Å². The summed E-state index contributed by atoms with van der Waals surface area (Å²) in [4.78, 5) is 4.37. The van der Waals surface area contributed by atoms with Crippen LogP contribution < -0.4 is 15.8 Å². The molecule has 0 aliphatic heterocycles. The third kappa shape index (κ3) is 3.37. The quantitative estimate of drug-likeness (QED) is 0.863. The lowest BCUT2D eigenvalue weighted by Gasteiger charge is -2.16. The van der Waals surface area contributed by atoms with Crippen LogP contribution in [0.1, 0.15) is 25.5 Å². The minimum atomic E-state index is 0.173. The van der Waals surface area contributed by atoms with Gasteiger partial charge in [-0.3, -0.25) is 0 Å². The predicted molar refractivity (Wildman–Crippen MR) is 78.3 cm³/mol. The average molecular weight is 257 g/mol. The van der Waals surface area contributed by atoms with E-state index in [1.807, 2.05) is 31.2 Å². The van der Waals surface area contributed by atoms with Gasteiger partial charge in [0, 0.05) is 6.04 Å². The average Bonchev–Trinajstić information content (AvgIpc) is 2.44. The molecule has 0 amide bonds. The van der Waals surface area contributed by atoms with Crippen LogP contribution in [0, 0.1) is 0 Å². The Morgan fingerprint density at radius 1 is 1.21 bits per heavy atom. The van der Waals surface area contributed by atoms with Crippen LogP contribution in [0.15, 0.2) is 42.5 Å². The van der Waals surface area contributed by atoms with Gasteiger partial charge in [0.15, 0.2) is 0 Å². The summed E-state index contributed by atoms with van der Waals surface area (Å²) in [6, 6.07) is 14.1. The molecule has 1 aromatic carbocycles. The second-order valence-electron chi connectivity index (χ2n) is 4.30. The van der Waals surface area contributed by atoms with Crippen molar-refractivity contribution in [2.45, 2.75) is 19.9 Å². The Kier molecular flexibility index (Phi) is 4.23. The number of ether oxygens (including phenoxy) is 1. The molecule has 0 fully saturated rings. The summed E-state index contributed by atoms with van der Waals surface area (Å²) in [6.07, 6.45) is 0. The van der Waals surface area contributed by atoms with Crippen molar-refractivity contribution in [3.8, 4) is 5.88 Å². The highest BCUT2D eigenvalue weighted by atomic mass is 16.5. The lowest BCUT2D eigenvalue weighted by molar-refractivity contribution is 0.329. The first-order valence-electron chi connectivity index (χ1n) is 6.41. The molecule has 0 aliphatic carbocycles. The largest absolute Gasteiger partial charge is 0.476 e. The number of pyridine rings is 1. The Morgan fingerprint density at radius 3 is 2.63 bits per heavy atom. The zero-order chi connectivity index (χ0) is 13.7. The number of hydrogen-bond donors (Lipinski definition) is 2. The van der Waals surface area contributed by atoms with E-state index in [1.165, 1.54) is 5.56 Å². The van der Waals surface area contributed by atoms with Gasteiger partial charge >= 0.3 is 0 Å². The molecule has 2 aromatic rings. The molecular formula is C15H19N3O. The minimum Gasteiger partial charge on any atom is -0.476 e. The number of hydrogen-bond acceptors (Lipinski definition) is 4. The zero-order valence-corrected chi connectivity index (χ0v) is 11.3. The second kappa shape index (κ2) is 6.09. The van der Waals surface area contributed by atoms with E-state index in [9.17, 15) is 0 Å². The van der Waals surface area contributed by atoms with Crippen molar-refractivity contribution in [2.75, 3.05) is 17.7 Å². The van der Waals surface area contributed by atoms with Crippen LogP contribution in [0.4, 0.5) is 11.5 Å². The zero-order valence-electron chi connectivity index (χ0n) is 11.3. The SMILES string of the molecule is CCOc1nc(NC(C)c2ccccc2)ccc1N. The van der Waals surface area contributed by atoms with Crippen molar-refractivity contribution in [2.24, 2.45) is 0 Å². The number of nitrogens with two attached hydrogens (primary N) is 1. The molecule has 2 rings (SSSR count). The molecule has 19 heavy (non-hydrogen) atoms. The number of aromatic nitrogens is 1. The van der Waals surface area contributed by atoms with Gasteiger partial charge < -0.3 is 15.8 Å². The maximum Gasteiger partial charge on any atom is 0.239 e. The van der Waals surface area contributed by atoms with Crippen molar-refractivity contribution >= 4 is 11.5 Å². The smallest absolute Gasteiger partial charge is 0.239 e. The van der Waals surface area contributed by atoms with Crippen LogP contribution in [0.5, 0.6) is 5.88 Å². The van der Waals surface area contributed by atoms with Crippen LogP contribution in [-0.4, -0.2) is 11.6 Å². The van der Waals surface area contributed by atoms with E-state index in [-0.39, 0.29) is 6.04 Å². The number of nitrogen functional groups attached to an aromatic ring is 1. The first kappa shape index (κ1) is 13.2. The van der Waals surface area contributed by atoms with E-state index >= 15 is 0 Å². The molecule has 1 atom stereocenters.